The molecule has 24 heavy (non-hydrogen) atoms. The molecule has 0 aliphatic carbocycles. The van der Waals surface area contributed by atoms with Crippen LogP contribution in [-0.2, 0) is 28.2 Å². The molecule has 1 amide bonds. The van der Waals surface area contributed by atoms with Crippen molar-refractivity contribution in [3.63, 3.8) is 0 Å². The SMILES string of the molecule is C[C@]1(c2ncc(CNC(=O)Cn3cc(Cl)cn3)cn2)CCCCO1. The van der Waals surface area contributed by atoms with Gasteiger partial charge < -0.3 is 10.1 Å². The van der Waals surface area contributed by atoms with E-state index >= 15 is 0 Å². The van der Waals surface area contributed by atoms with Gasteiger partial charge in [-0.05, 0) is 26.2 Å². The van der Waals surface area contributed by atoms with Crippen LogP contribution in [0.4, 0.5) is 0 Å². The van der Waals surface area contributed by atoms with Crippen molar-refractivity contribution in [1.82, 2.24) is 25.1 Å². The molecule has 1 aliphatic heterocycles. The van der Waals surface area contributed by atoms with E-state index in [0.29, 0.717) is 17.4 Å². The van der Waals surface area contributed by atoms with E-state index in [9.17, 15) is 4.79 Å². The van der Waals surface area contributed by atoms with E-state index in [-0.39, 0.29) is 12.5 Å². The number of hydrogen-bond acceptors (Lipinski definition) is 5. The normalized spacial score (nSPS) is 20.8. The molecule has 2 aromatic heterocycles. The third-order valence-electron chi connectivity index (χ3n) is 4.04. The van der Waals surface area contributed by atoms with Gasteiger partial charge in [-0.15, -0.1) is 0 Å². The number of carbonyl (C=O) groups excluding carboxylic acids is 1. The van der Waals surface area contributed by atoms with Crippen LogP contribution in [0.25, 0.3) is 0 Å². The summed E-state index contributed by atoms with van der Waals surface area (Å²) in [5.41, 5.74) is 0.435. The smallest absolute Gasteiger partial charge is 0.242 e. The Morgan fingerprint density at radius 2 is 2.17 bits per heavy atom. The van der Waals surface area contributed by atoms with Gasteiger partial charge >= 0.3 is 0 Å². The van der Waals surface area contributed by atoms with Crippen molar-refractivity contribution in [3.05, 3.63) is 41.2 Å². The van der Waals surface area contributed by atoms with Crippen LogP contribution in [0.3, 0.4) is 0 Å². The van der Waals surface area contributed by atoms with Gasteiger partial charge in [0.25, 0.3) is 0 Å². The fraction of sp³-hybridized carbons (Fsp3) is 0.500. The lowest BCUT2D eigenvalue weighted by Gasteiger charge is -2.32. The highest BCUT2D eigenvalue weighted by molar-refractivity contribution is 6.30. The zero-order chi connectivity index (χ0) is 17.0. The molecular weight excluding hydrogens is 330 g/mol. The van der Waals surface area contributed by atoms with Gasteiger partial charge in [0.05, 0.1) is 11.2 Å². The molecule has 3 heterocycles. The minimum atomic E-state index is -0.403. The summed E-state index contributed by atoms with van der Waals surface area (Å²) < 4.78 is 7.33. The van der Waals surface area contributed by atoms with Crippen molar-refractivity contribution in [3.8, 4) is 0 Å². The molecule has 1 N–H and O–H groups in total. The van der Waals surface area contributed by atoms with Gasteiger partial charge in [0.15, 0.2) is 5.82 Å². The topological polar surface area (TPSA) is 81.9 Å². The van der Waals surface area contributed by atoms with E-state index < -0.39 is 5.60 Å². The van der Waals surface area contributed by atoms with Crippen LogP contribution in [0.5, 0.6) is 0 Å². The molecule has 3 rings (SSSR count). The Hall–Kier alpha value is -1.99. The molecule has 0 unspecified atom stereocenters. The second kappa shape index (κ2) is 7.27. The van der Waals surface area contributed by atoms with Crippen molar-refractivity contribution in [2.75, 3.05) is 6.61 Å². The average Bonchev–Trinajstić information content (AvgIpc) is 2.99. The molecule has 0 saturated carbocycles. The molecule has 1 fully saturated rings. The Morgan fingerprint density at radius 3 is 2.79 bits per heavy atom. The molecule has 128 valence electrons. The van der Waals surface area contributed by atoms with Crippen LogP contribution in [0.15, 0.2) is 24.8 Å². The summed E-state index contributed by atoms with van der Waals surface area (Å²) in [4.78, 5) is 20.7. The van der Waals surface area contributed by atoms with E-state index in [1.54, 1.807) is 18.6 Å². The van der Waals surface area contributed by atoms with E-state index in [1.807, 2.05) is 6.92 Å². The first kappa shape index (κ1) is 16.9. The third kappa shape index (κ3) is 4.10. The van der Waals surface area contributed by atoms with Crippen LogP contribution >= 0.6 is 11.6 Å². The zero-order valence-electron chi connectivity index (χ0n) is 13.5. The summed E-state index contributed by atoms with van der Waals surface area (Å²) in [5, 5.41) is 7.28. The molecule has 0 aromatic carbocycles. The first-order chi connectivity index (χ1) is 11.5. The molecule has 0 bridgehead atoms. The Morgan fingerprint density at radius 1 is 1.38 bits per heavy atom. The van der Waals surface area contributed by atoms with Crippen LogP contribution in [0, 0.1) is 0 Å². The summed E-state index contributed by atoms with van der Waals surface area (Å²) in [6.07, 6.45) is 9.69. The molecule has 0 radical (unpaired) electrons. The lowest BCUT2D eigenvalue weighted by atomic mass is 9.95. The fourth-order valence-corrected chi connectivity index (χ4v) is 2.81. The molecule has 8 heteroatoms. The van der Waals surface area contributed by atoms with Crippen LogP contribution in [0.2, 0.25) is 5.02 Å². The first-order valence-electron chi connectivity index (χ1n) is 7.95. The highest BCUT2D eigenvalue weighted by Gasteiger charge is 2.32. The second-order valence-corrected chi connectivity index (χ2v) is 6.52. The third-order valence-corrected chi connectivity index (χ3v) is 4.24. The first-order valence-corrected chi connectivity index (χ1v) is 8.33. The molecule has 7 nitrogen and oxygen atoms in total. The summed E-state index contributed by atoms with van der Waals surface area (Å²) in [6.45, 7) is 3.26. The molecule has 1 atom stereocenters. The number of hydrogen-bond donors (Lipinski definition) is 1. The lowest BCUT2D eigenvalue weighted by molar-refractivity contribution is -0.122. The number of nitrogens with zero attached hydrogens (tertiary/aromatic N) is 4. The minimum Gasteiger partial charge on any atom is -0.367 e. The van der Waals surface area contributed by atoms with Gasteiger partial charge in [-0.3, -0.25) is 9.48 Å². The maximum absolute atomic E-state index is 11.9. The minimum absolute atomic E-state index is 0.123. The maximum Gasteiger partial charge on any atom is 0.242 e. The van der Waals surface area contributed by atoms with E-state index in [4.69, 9.17) is 16.3 Å². The Bertz CT molecular complexity index is 695. The highest BCUT2D eigenvalue weighted by Crippen LogP contribution is 2.32. The van der Waals surface area contributed by atoms with E-state index in [1.165, 1.54) is 10.9 Å². The molecule has 1 saturated heterocycles. The van der Waals surface area contributed by atoms with Crippen molar-refractivity contribution in [2.24, 2.45) is 0 Å². The van der Waals surface area contributed by atoms with Crippen molar-refractivity contribution >= 4 is 17.5 Å². The number of carbonyl (C=O) groups is 1. The van der Waals surface area contributed by atoms with E-state index in [0.717, 1.165) is 31.4 Å². The molecule has 0 spiro atoms. The van der Waals surface area contributed by atoms with Crippen molar-refractivity contribution in [2.45, 2.75) is 44.9 Å². The predicted molar refractivity (Wildman–Crippen MR) is 88.3 cm³/mol. The Kier molecular flexibility index (Phi) is 5.11. The standard InChI is InChI=1S/C16H20ClN5O2/c1-16(4-2-3-5-24-16)15-19-7-12(8-20-15)6-18-14(23)11-22-10-13(17)9-21-22/h7-10H,2-6,11H2,1H3,(H,18,23)/t16-/m1/s1. The van der Waals surface area contributed by atoms with E-state index in [2.05, 4.69) is 20.4 Å². The monoisotopic (exact) mass is 349 g/mol. The Labute approximate surface area is 145 Å². The number of ether oxygens (including phenoxy) is 1. The Balaban J connectivity index is 1.53. The van der Waals surface area contributed by atoms with Gasteiger partial charge in [-0.25, -0.2) is 9.97 Å². The lowest BCUT2D eigenvalue weighted by Crippen LogP contribution is -2.32. The second-order valence-electron chi connectivity index (χ2n) is 6.08. The molecular formula is C16H20ClN5O2. The number of rotatable bonds is 5. The predicted octanol–water partition coefficient (Wildman–Crippen LogP) is 2.06. The van der Waals surface area contributed by atoms with Crippen LogP contribution in [0.1, 0.15) is 37.6 Å². The number of aromatic nitrogens is 4. The van der Waals surface area contributed by atoms with Crippen LogP contribution in [-0.4, -0.2) is 32.3 Å². The molecule has 2 aromatic rings. The highest BCUT2D eigenvalue weighted by atomic mass is 35.5. The zero-order valence-corrected chi connectivity index (χ0v) is 14.3. The van der Waals surface area contributed by atoms with Crippen LogP contribution < -0.4 is 5.32 Å². The van der Waals surface area contributed by atoms with Crippen molar-refractivity contribution < 1.29 is 9.53 Å². The largest absolute Gasteiger partial charge is 0.367 e. The van der Waals surface area contributed by atoms with Gasteiger partial charge in [0.1, 0.15) is 12.1 Å². The van der Waals surface area contributed by atoms with Gasteiger partial charge in [0.2, 0.25) is 5.91 Å². The summed E-state index contributed by atoms with van der Waals surface area (Å²) in [7, 11) is 0. The van der Waals surface area contributed by atoms with Gasteiger partial charge in [-0.1, -0.05) is 11.6 Å². The summed E-state index contributed by atoms with van der Waals surface area (Å²) >= 11 is 5.77. The fourth-order valence-electron chi connectivity index (χ4n) is 2.66. The maximum atomic E-state index is 11.9. The number of halogens is 1. The average molecular weight is 350 g/mol. The van der Waals surface area contributed by atoms with Gasteiger partial charge in [-0.2, -0.15) is 5.10 Å². The number of amides is 1. The number of nitrogens with one attached hydrogen (secondary N) is 1. The molecule has 1 aliphatic rings. The summed E-state index contributed by atoms with van der Waals surface area (Å²) in [5.74, 6) is 0.546. The quantitative estimate of drug-likeness (QED) is 0.893. The van der Waals surface area contributed by atoms with Gasteiger partial charge in [0, 0.05) is 37.3 Å². The van der Waals surface area contributed by atoms with Crippen molar-refractivity contribution in [1.29, 1.82) is 0 Å². The summed E-state index contributed by atoms with van der Waals surface area (Å²) in [6, 6.07) is 0.